The molecule has 0 spiro atoms. The maximum atomic E-state index is 11.2. The molecule has 0 radical (unpaired) electrons. The molecule has 70 valence electrons. The first kappa shape index (κ1) is 8.47. The lowest BCUT2D eigenvalue weighted by molar-refractivity contribution is -0.329. The first-order valence-electron chi connectivity index (χ1n) is 4.10. The number of ether oxygens (including phenoxy) is 1. The quantitative estimate of drug-likeness (QED) is 0.341. The fourth-order valence-electron chi connectivity index (χ4n) is 1.39. The summed E-state index contributed by atoms with van der Waals surface area (Å²) in [4.78, 5) is 21.2. The van der Waals surface area contributed by atoms with Crippen LogP contribution in [0.1, 0.15) is 6.42 Å². The predicted octanol–water partition coefficient (Wildman–Crippen LogP) is 0.745. The molecule has 2 heterocycles. The minimum atomic E-state index is -0.411. The lowest BCUT2D eigenvalue weighted by Crippen LogP contribution is -2.27. The fraction of sp³-hybridized carbons (Fsp3) is 0.444. The van der Waals surface area contributed by atoms with Gasteiger partial charge in [-0.25, -0.2) is 14.6 Å². The van der Waals surface area contributed by atoms with Gasteiger partial charge in [0.2, 0.25) is 0 Å². The van der Waals surface area contributed by atoms with Crippen LogP contribution < -0.4 is 0 Å². The third-order valence-corrected chi connectivity index (χ3v) is 2.06. The third kappa shape index (κ3) is 1.50. The van der Waals surface area contributed by atoms with E-state index in [4.69, 9.17) is 9.78 Å². The SMILES string of the molecule is COC(=O)C1=CC2CC=CC1OO2. The summed E-state index contributed by atoms with van der Waals surface area (Å²) in [6.07, 6.45) is 5.65. The normalized spacial score (nSPS) is 31.0. The predicted molar refractivity (Wildman–Crippen MR) is 43.6 cm³/mol. The molecule has 3 aliphatic rings. The van der Waals surface area contributed by atoms with Crippen molar-refractivity contribution in [2.24, 2.45) is 0 Å². The van der Waals surface area contributed by atoms with Crippen molar-refractivity contribution in [2.45, 2.75) is 18.6 Å². The van der Waals surface area contributed by atoms with Crippen molar-refractivity contribution >= 4 is 5.97 Å². The Balaban J connectivity index is 2.27. The number of fused-ring (bicyclic) bond motifs is 2. The van der Waals surface area contributed by atoms with Gasteiger partial charge in [-0.3, -0.25) is 0 Å². The Kier molecular flexibility index (Phi) is 2.16. The molecule has 0 saturated carbocycles. The molecule has 0 aromatic heterocycles. The van der Waals surface area contributed by atoms with Gasteiger partial charge in [0.05, 0.1) is 12.7 Å². The Bertz CT molecular complexity index is 279. The molecule has 2 atom stereocenters. The second kappa shape index (κ2) is 3.32. The molecule has 0 fully saturated rings. The molecule has 0 amide bonds. The number of hydrogen-bond acceptors (Lipinski definition) is 4. The van der Waals surface area contributed by atoms with Crippen molar-refractivity contribution in [3.8, 4) is 0 Å². The lowest BCUT2D eigenvalue weighted by atomic mass is 10.1. The van der Waals surface area contributed by atoms with Crippen molar-refractivity contribution < 1.29 is 19.3 Å². The standard InChI is InChI=1S/C9H10O4/c1-11-9(10)7-5-6-3-2-4-8(7)13-12-6/h2,4-6,8H,3H2,1H3. The van der Waals surface area contributed by atoms with E-state index in [9.17, 15) is 4.79 Å². The van der Waals surface area contributed by atoms with Gasteiger partial charge < -0.3 is 4.74 Å². The fourth-order valence-corrected chi connectivity index (χ4v) is 1.39. The summed E-state index contributed by atoms with van der Waals surface area (Å²) >= 11 is 0. The van der Waals surface area contributed by atoms with Crippen molar-refractivity contribution in [1.29, 1.82) is 0 Å². The van der Waals surface area contributed by atoms with Gasteiger partial charge in [-0.15, -0.1) is 0 Å². The van der Waals surface area contributed by atoms with E-state index >= 15 is 0 Å². The Morgan fingerprint density at radius 3 is 3.23 bits per heavy atom. The molecule has 0 N–H and O–H groups in total. The molecular formula is C9H10O4. The number of methoxy groups -OCH3 is 1. The Labute approximate surface area is 75.7 Å². The van der Waals surface area contributed by atoms with Gasteiger partial charge in [-0.2, -0.15) is 0 Å². The summed E-state index contributed by atoms with van der Waals surface area (Å²) in [5.74, 6) is -0.357. The summed E-state index contributed by atoms with van der Waals surface area (Å²) in [5, 5.41) is 0. The van der Waals surface area contributed by atoms with E-state index in [0.29, 0.717) is 5.57 Å². The number of carbonyl (C=O) groups excluding carboxylic acids is 1. The van der Waals surface area contributed by atoms with Crippen LogP contribution in [0.15, 0.2) is 23.8 Å². The zero-order valence-corrected chi connectivity index (χ0v) is 7.23. The van der Waals surface area contributed by atoms with Gasteiger partial charge in [0.15, 0.2) is 0 Å². The molecule has 3 rings (SSSR count). The molecular weight excluding hydrogens is 172 g/mol. The van der Waals surface area contributed by atoms with Crippen molar-refractivity contribution in [1.82, 2.24) is 0 Å². The first-order valence-corrected chi connectivity index (χ1v) is 4.10. The molecule has 2 bridgehead atoms. The summed E-state index contributed by atoms with van der Waals surface area (Å²) < 4.78 is 4.62. The van der Waals surface area contributed by atoms with E-state index in [1.54, 1.807) is 12.2 Å². The second-order valence-corrected chi connectivity index (χ2v) is 2.93. The molecule has 0 aromatic rings. The van der Waals surface area contributed by atoms with Crippen molar-refractivity contribution in [3.63, 3.8) is 0 Å². The van der Waals surface area contributed by atoms with Crippen LogP contribution in [0, 0.1) is 0 Å². The van der Waals surface area contributed by atoms with E-state index < -0.39 is 6.10 Å². The lowest BCUT2D eigenvalue weighted by Gasteiger charge is -2.21. The van der Waals surface area contributed by atoms with E-state index in [-0.39, 0.29) is 12.1 Å². The van der Waals surface area contributed by atoms with Gasteiger partial charge in [0.25, 0.3) is 0 Å². The van der Waals surface area contributed by atoms with E-state index in [0.717, 1.165) is 6.42 Å². The zero-order chi connectivity index (χ0) is 9.26. The molecule has 4 nitrogen and oxygen atoms in total. The Morgan fingerprint density at radius 1 is 1.62 bits per heavy atom. The minimum absolute atomic E-state index is 0.163. The molecule has 2 aliphatic heterocycles. The second-order valence-electron chi connectivity index (χ2n) is 2.93. The van der Waals surface area contributed by atoms with Crippen LogP contribution >= 0.6 is 0 Å². The van der Waals surface area contributed by atoms with Crippen LogP contribution in [0.25, 0.3) is 0 Å². The highest BCUT2D eigenvalue weighted by atomic mass is 17.2. The summed E-state index contributed by atoms with van der Waals surface area (Å²) in [7, 11) is 1.35. The zero-order valence-electron chi connectivity index (χ0n) is 7.23. The average molecular weight is 182 g/mol. The van der Waals surface area contributed by atoms with Crippen LogP contribution in [-0.4, -0.2) is 25.3 Å². The van der Waals surface area contributed by atoms with Gasteiger partial charge in [0.1, 0.15) is 12.2 Å². The number of rotatable bonds is 1. The maximum Gasteiger partial charge on any atom is 0.336 e. The topological polar surface area (TPSA) is 44.8 Å². The van der Waals surface area contributed by atoms with Gasteiger partial charge in [-0.05, 0) is 12.5 Å². The van der Waals surface area contributed by atoms with Gasteiger partial charge >= 0.3 is 5.97 Å². The van der Waals surface area contributed by atoms with Crippen LogP contribution in [0.2, 0.25) is 0 Å². The maximum absolute atomic E-state index is 11.2. The van der Waals surface area contributed by atoms with E-state index in [2.05, 4.69) is 4.74 Å². The van der Waals surface area contributed by atoms with E-state index in [1.807, 2.05) is 6.08 Å². The smallest absolute Gasteiger partial charge is 0.336 e. The average Bonchev–Trinajstić information content (AvgIpc) is 2.50. The Hall–Kier alpha value is -1.13. The number of hydrogen-bond donors (Lipinski definition) is 0. The third-order valence-electron chi connectivity index (χ3n) is 2.06. The molecule has 1 aliphatic carbocycles. The summed E-state index contributed by atoms with van der Waals surface area (Å²) in [6, 6.07) is 0. The summed E-state index contributed by atoms with van der Waals surface area (Å²) in [6.45, 7) is 0. The molecule has 0 saturated heterocycles. The first-order chi connectivity index (χ1) is 6.31. The highest BCUT2D eigenvalue weighted by Gasteiger charge is 2.30. The largest absolute Gasteiger partial charge is 0.466 e. The van der Waals surface area contributed by atoms with Crippen molar-refractivity contribution in [2.75, 3.05) is 7.11 Å². The van der Waals surface area contributed by atoms with Gasteiger partial charge in [-0.1, -0.05) is 12.2 Å². The van der Waals surface area contributed by atoms with Crippen LogP contribution in [-0.2, 0) is 19.3 Å². The Morgan fingerprint density at radius 2 is 2.46 bits per heavy atom. The van der Waals surface area contributed by atoms with E-state index in [1.165, 1.54) is 7.11 Å². The monoisotopic (exact) mass is 182 g/mol. The van der Waals surface area contributed by atoms with Crippen LogP contribution in [0.4, 0.5) is 0 Å². The molecule has 13 heavy (non-hydrogen) atoms. The highest BCUT2D eigenvalue weighted by molar-refractivity contribution is 5.90. The van der Waals surface area contributed by atoms with Gasteiger partial charge in [0, 0.05) is 0 Å². The van der Waals surface area contributed by atoms with Crippen LogP contribution in [0.3, 0.4) is 0 Å². The molecule has 4 heteroatoms. The minimum Gasteiger partial charge on any atom is -0.466 e. The summed E-state index contributed by atoms with van der Waals surface area (Å²) in [5.41, 5.74) is 0.521. The highest BCUT2D eigenvalue weighted by Crippen LogP contribution is 2.24. The number of carbonyl (C=O) groups is 1. The van der Waals surface area contributed by atoms with Crippen molar-refractivity contribution in [3.05, 3.63) is 23.8 Å². The number of esters is 1. The van der Waals surface area contributed by atoms with Crippen LogP contribution in [0.5, 0.6) is 0 Å². The molecule has 0 aromatic carbocycles. The molecule has 2 unspecified atom stereocenters.